The van der Waals surface area contributed by atoms with Crippen molar-refractivity contribution in [3.05, 3.63) is 148 Å². The fraction of sp³-hybridized carbons (Fsp3) is 0.354. The van der Waals surface area contributed by atoms with Gasteiger partial charge in [0.2, 0.25) is 0 Å². The predicted molar refractivity (Wildman–Crippen MR) is 253 cm³/mol. The van der Waals surface area contributed by atoms with Crippen molar-refractivity contribution < 1.29 is 27.6 Å². The first kappa shape index (κ1) is 46.7. The normalized spacial score (nSPS) is 16.6. The standard InChI is InChI=1S/C48H57N7O7S2/c1-52(2)26-31-62-41-18-16-36(17-19-41)44-11-7-6-8-39(44)33-54-25-23-49-46(34-54)37-12-14-38(15-13-37)48(56)51-64(59,60)43-20-21-45(47(32-43)55(57)58)50-40(22-24-53-27-29-61-30-28-53)35-63-42-9-4-3-5-10-42/h3-21,32,40,46,49-50H,22-31,33-35H2,1-2H3,(H,51,56)/t40-,46?/m1/s1. The molecule has 0 aliphatic carbocycles. The Morgan fingerprint density at radius 3 is 2.41 bits per heavy atom. The van der Waals surface area contributed by atoms with Crippen molar-refractivity contribution in [2.45, 2.75) is 34.8 Å². The van der Waals surface area contributed by atoms with E-state index in [0.717, 1.165) is 80.2 Å². The van der Waals surface area contributed by atoms with E-state index < -0.39 is 26.5 Å². The number of ether oxygens (including phenoxy) is 2. The maximum Gasteiger partial charge on any atom is 0.293 e. The number of sulfonamides is 1. The SMILES string of the molecule is CN(C)CCOc1ccc(-c2ccccc2CN2CCNC(c3ccc(C(=O)NS(=O)(=O)c4ccc(N[C@H](CCN5CCOCC5)CSc5ccccc5)c([N+](=O)[O-])c4)cc3)C2)cc1. The molecule has 0 aromatic heterocycles. The highest BCUT2D eigenvalue weighted by Crippen LogP contribution is 2.31. The summed E-state index contributed by atoms with van der Waals surface area (Å²) >= 11 is 1.64. The van der Waals surface area contributed by atoms with E-state index in [1.807, 2.05) is 68.7 Å². The summed E-state index contributed by atoms with van der Waals surface area (Å²) in [6.45, 7) is 8.34. The number of thioether (sulfide) groups is 1. The van der Waals surface area contributed by atoms with Gasteiger partial charge < -0.3 is 25.0 Å². The lowest BCUT2D eigenvalue weighted by Crippen LogP contribution is -2.45. The number of carbonyl (C=O) groups is 1. The van der Waals surface area contributed by atoms with Gasteiger partial charge in [0.15, 0.2) is 0 Å². The molecular weight excluding hydrogens is 851 g/mol. The van der Waals surface area contributed by atoms with Crippen LogP contribution in [0.5, 0.6) is 5.75 Å². The molecule has 2 fully saturated rings. The molecule has 5 aromatic rings. The van der Waals surface area contributed by atoms with Crippen molar-refractivity contribution in [1.82, 2.24) is 24.7 Å². The van der Waals surface area contributed by atoms with Crippen LogP contribution in [0.25, 0.3) is 11.1 Å². The van der Waals surface area contributed by atoms with Crippen molar-refractivity contribution in [2.24, 2.45) is 0 Å². The van der Waals surface area contributed by atoms with E-state index in [-0.39, 0.29) is 28.2 Å². The Hall–Kier alpha value is -5.33. The average Bonchev–Trinajstić information content (AvgIpc) is 3.31. The molecule has 16 heteroatoms. The highest BCUT2D eigenvalue weighted by Gasteiger charge is 2.27. The van der Waals surface area contributed by atoms with Crippen LogP contribution in [0.2, 0.25) is 0 Å². The van der Waals surface area contributed by atoms with Crippen molar-refractivity contribution in [1.29, 1.82) is 0 Å². The van der Waals surface area contributed by atoms with Crippen LogP contribution in [0.1, 0.15) is 33.9 Å². The number of benzene rings is 5. The minimum absolute atomic E-state index is 0.0103. The summed E-state index contributed by atoms with van der Waals surface area (Å²) in [6.07, 6.45) is 0.708. The largest absolute Gasteiger partial charge is 0.492 e. The van der Waals surface area contributed by atoms with Gasteiger partial charge in [-0.1, -0.05) is 66.7 Å². The number of piperazine rings is 1. The molecule has 1 amide bonds. The molecule has 64 heavy (non-hydrogen) atoms. The van der Waals surface area contributed by atoms with Gasteiger partial charge >= 0.3 is 0 Å². The van der Waals surface area contributed by atoms with E-state index in [1.165, 1.54) is 23.3 Å². The molecule has 0 radical (unpaired) electrons. The van der Waals surface area contributed by atoms with Crippen LogP contribution in [0.3, 0.4) is 0 Å². The molecular formula is C48H57N7O7S2. The van der Waals surface area contributed by atoms with Gasteiger partial charge in [0.1, 0.15) is 18.0 Å². The third kappa shape index (κ3) is 13.1. The van der Waals surface area contributed by atoms with Gasteiger partial charge in [-0.2, -0.15) is 0 Å². The number of amides is 1. The van der Waals surface area contributed by atoms with Gasteiger partial charge in [0.05, 0.1) is 23.0 Å². The van der Waals surface area contributed by atoms with Crippen molar-refractivity contribution >= 4 is 39.1 Å². The van der Waals surface area contributed by atoms with Crippen LogP contribution in [0, 0.1) is 10.1 Å². The molecule has 0 spiro atoms. The zero-order valence-corrected chi connectivity index (χ0v) is 38.0. The molecule has 3 N–H and O–H groups in total. The van der Waals surface area contributed by atoms with E-state index >= 15 is 0 Å². The Balaban J connectivity index is 0.967. The van der Waals surface area contributed by atoms with Gasteiger partial charge in [-0.05, 0) is 91.3 Å². The number of carbonyl (C=O) groups excluding carboxylic acids is 1. The summed E-state index contributed by atoms with van der Waals surface area (Å²) in [7, 11) is -0.416. The van der Waals surface area contributed by atoms with Gasteiger partial charge in [0.25, 0.3) is 21.6 Å². The molecule has 5 aromatic carbocycles. The number of hydrogen-bond acceptors (Lipinski definition) is 13. The smallest absolute Gasteiger partial charge is 0.293 e. The first-order chi connectivity index (χ1) is 31.0. The monoisotopic (exact) mass is 907 g/mol. The van der Waals surface area contributed by atoms with E-state index in [9.17, 15) is 23.3 Å². The second-order valence-corrected chi connectivity index (χ2v) is 19.1. The molecule has 0 saturated carbocycles. The summed E-state index contributed by atoms with van der Waals surface area (Å²) < 4.78 is 40.6. The molecule has 2 aliphatic rings. The third-order valence-electron chi connectivity index (χ3n) is 11.4. The van der Waals surface area contributed by atoms with Crippen molar-refractivity contribution in [3.8, 4) is 16.9 Å². The fourth-order valence-corrected chi connectivity index (χ4v) is 9.77. The molecule has 0 bridgehead atoms. The molecule has 2 atom stereocenters. The highest BCUT2D eigenvalue weighted by molar-refractivity contribution is 7.99. The number of anilines is 1. The van der Waals surface area contributed by atoms with E-state index in [1.54, 1.807) is 23.9 Å². The van der Waals surface area contributed by atoms with Crippen molar-refractivity contribution in [3.63, 3.8) is 0 Å². The molecule has 14 nitrogen and oxygen atoms in total. The number of nitro benzene ring substituents is 1. The molecule has 7 rings (SSSR count). The average molecular weight is 908 g/mol. The minimum atomic E-state index is -4.46. The number of rotatable bonds is 20. The predicted octanol–water partition coefficient (Wildman–Crippen LogP) is 6.76. The Bertz CT molecular complexity index is 2420. The van der Waals surface area contributed by atoms with E-state index in [0.29, 0.717) is 32.0 Å². The molecule has 2 heterocycles. The highest BCUT2D eigenvalue weighted by atomic mass is 32.2. The Labute approximate surface area is 380 Å². The maximum absolute atomic E-state index is 13.5. The summed E-state index contributed by atoms with van der Waals surface area (Å²) in [5.74, 6) is 0.644. The maximum atomic E-state index is 13.5. The van der Waals surface area contributed by atoms with Crippen molar-refractivity contribution in [2.75, 3.05) is 90.8 Å². The first-order valence-corrected chi connectivity index (χ1v) is 24.1. The topological polar surface area (TPSA) is 159 Å². The van der Waals surface area contributed by atoms with Crippen LogP contribution in [0.15, 0.2) is 131 Å². The number of nitrogens with one attached hydrogen (secondary N) is 3. The van der Waals surface area contributed by atoms with Crippen LogP contribution >= 0.6 is 11.8 Å². The Morgan fingerprint density at radius 1 is 0.938 bits per heavy atom. The molecule has 2 aliphatic heterocycles. The van der Waals surface area contributed by atoms with E-state index in [2.05, 4.69) is 66.5 Å². The number of nitrogens with zero attached hydrogens (tertiary/aromatic N) is 4. The second-order valence-electron chi connectivity index (χ2n) is 16.3. The van der Waals surface area contributed by atoms with Crippen LogP contribution in [-0.4, -0.2) is 125 Å². The summed E-state index contributed by atoms with van der Waals surface area (Å²) in [4.78, 5) is 32.6. The second kappa shape index (κ2) is 22.5. The fourth-order valence-electron chi connectivity index (χ4n) is 7.79. The zero-order valence-electron chi connectivity index (χ0n) is 36.4. The quantitative estimate of drug-likeness (QED) is 0.0428. The molecule has 2 saturated heterocycles. The Morgan fingerprint density at radius 2 is 1.67 bits per heavy atom. The first-order valence-electron chi connectivity index (χ1n) is 21.6. The summed E-state index contributed by atoms with van der Waals surface area (Å²) in [5, 5.41) is 19.3. The number of morpholine rings is 1. The Kier molecular flexibility index (Phi) is 16.4. The molecule has 1 unspecified atom stereocenters. The van der Waals surface area contributed by atoms with Crippen LogP contribution < -0.4 is 20.1 Å². The van der Waals surface area contributed by atoms with Gasteiger partial charge in [0, 0.05) is 86.7 Å². The lowest BCUT2D eigenvalue weighted by molar-refractivity contribution is -0.384. The van der Waals surface area contributed by atoms with E-state index in [4.69, 9.17) is 9.47 Å². The summed E-state index contributed by atoms with van der Waals surface area (Å²) in [5.41, 5.74) is 4.43. The van der Waals surface area contributed by atoms with Crippen LogP contribution in [-0.2, 0) is 21.3 Å². The van der Waals surface area contributed by atoms with Crippen LogP contribution in [0.4, 0.5) is 11.4 Å². The third-order valence-corrected chi connectivity index (χ3v) is 13.9. The number of hydrogen-bond donors (Lipinski definition) is 3. The van der Waals surface area contributed by atoms with Gasteiger partial charge in [-0.25, -0.2) is 13.1 Å². The van der Waals surface area contributed by atoms with Gasteiger partial charge in [-0.3, -0.25) is 24.7 Å². The number of nitro groups is 1. The lowest BCUT2D eigenvalue weighted by Gasteiger charge is -2.34. The van der Waals surface area contributed by atoms with Gasteiger partial charge in [-0.15, -0.1) is 11.8 Å². The minimum Gasteiger partial charge on any atom is -0.492 e. The zero-order chi connectivity index (χ0) is 44.9. The lowest BCUT2D eigenvalue weighted by atomic mass is 9.98. The summed E-state index contributed by atoms with van der Waals surface area (Å²) in [6, 6.07) is 37.0. The molecule has 338 valence electrons. The number of likely N-dealkylation sites (N-methyl/N-ethyl adjacent to an activating group) is 1.